The fourth-order valence-corrected chi connectivity index (χ4v) is 5.14. The zero-order valence-electron chi connectivity index (χ0n) is 18.3. The van der Waals surface area contributed by atoms with Crippen molar-refractivity contribution in [2.45, 2.75) is 49.3 Å². The zero-order valence-corrected chi connectivity index (χ0v) is 19.0. The highest BCUT2D eigenvalue weighted by Crippen LogP contribution is 2.46. The van der Waals surface area contributed by atoms with Gasteiger partial charge < -0.3 is 9.47 Å². The molecule has 1 saturated heterocycles. The van der Waals surface area contributed by atoms with Crippen molar-refractivity contribution < 1.29 is 19.1 Å². The lowest BCUT2D eigenvalue weighted by Crippen LogP contribution is -2.52. The minimum absolute atomic E-state index is 0.0528. The van der Waals surface area contributed by atoms with Gasteiger partial charge in [-0.1, -0.05) is 59.2 Å². The lowest BCUT2D eigenvalue weighted by atomic mass is 9.64. The van der Waals surface area contributed by atoms with E-state index in [-0.39, 0.29) is 12.7 Å². The Kier molecular flexibility index (Phi) is 6.88. The summed E-state index contributed by atoms with van der Waals surface area (Å²) in [4.78, 5) is 30.7. The molecule has 1 aliphatic carbocycles. The van der Waals surface area contributed by atoms with Gasteiger partial charge in [0.15, 0.2) is 0 Å². The second-order valence-corrected chi connectivity index (χ2v) is 8.85. The van der Waals surface area contributed by atoms with Gasteiger partial charge in [0.05, 0.1) is 6.10 Å². The van der Waals surface area contributed by atoms with Crippen molar-refractivity contribution in [2.24, 2.45) is 5.11 Å². The molecule has 33 heavy (non-hydrogen) atoms. The van der Waals surface area contributed by atoms with Gasteiger partial charge in [-0.05, 0) is 54.5 Å². The molecule has 2 aromatic carbocycles. The molecule has 2 aromatic rings. The number of nitrogens with zero attached hydrogens (tertiary/aromatic N) is 4. The number of ether oxygens (including phenoxy) is 2. The third-order valence-corrected chi connectivity index (χ3v) is 7.05. The Morgan fingerprint density at radius 1 is 1.21 bits per heavy atom. The number of azide groups is 1. The van der Waals surface area contributed by atoms with E-state index in [1.165, 1.54) is 0 Å². The first-order valence-corrected chi connectivity index (χ1v) is 11.3. The van der Waals surface area contributed by atoms with Crippen molar-refractivity contribution in [2.75, 3.05) is 13.7 Å². The molecule has 0 N–H and O–H groups in total. The van der Waals surface area contributed by atoms with E-state index in [4.69, 9.17) is 21.1 Å². The van der Waals surface area contributed by atoms with Crippen LogP contribution < -0.4 is 0 Å². The molecule has 2 aliphatic rings. The van der Waals surface area contributed by atoms with Crippen LogP contribution in [0, 0.1) is 0 Å². The monoisotopic (exact) mass is 468 g/mol. The molecule has 0 aromatic heterocycles. The fraction of sp³-hybridized carbons (Fsp3) is 0.417. The van der Waals surface area contributed by atoms with Gasteiger partial charge in [0.1, 0.15) is 18.7 Å². The summed E-state index contributed by atoms with van der Waals surface area (Å²) in [5, 5.41) is 4.55. The second kappa shape index (κ2) is 9.83. The van der Waals surface area contributed by atoms with E-state index in [0.29, 0.717) is 30.7 Å². The summed E-state index contributed by atoms with van der Waals surface area (Å²) in [7, 11) is 1.67. The Morgan fingerprint density at radius 3 is 2.48 bits per heavy atom. The first-order valence-electron chi connectivity index (χ1n) is 10.9. The van der Waals surface area contributed by atoms with Crippen LogP contribution in [-0.4, -0.2) is 42.8 Å². The number of benzene rings is 2. The first kappa shape index (κ1) is 23.1. The van der Waals surface area contributed by atoms with Gasteiger partial charge in [-0.25, -0.2) is 9.69 Å². The summed E-state index contributed by atoms with van der Waals surface area (Å²) in [5.41, 5.74) is 10.3. The summed E-state index contributed by atoms with van der Waals surface area (Å²) < 4.78 is 10.8. The summed E-state index contributed by atoms with van der Waals surface area (Å²) >= 11 is 6.12. The number of hydrogen-bond acceptors (Lipinski definition) is 5. The maximum Gasteiger partial charge on any atom is 0.417 e. The molecule has 0 radical (unpaired) electrons. The van der Waals surface area contributed by atoms with Crippen molar-refractivity contribution >= 4 is 23.6 Å². The maximum absolute atomic E-state index is 13.9. The predicted octanol–water partition coefficient (Wildman–Crippen LogP) is 5.57. The highest BCUT2D eigenvalue weighted by molar-refractivity contribution is 6.30. The third-order valence-electron chi connectivity index (χ3n) is 6.80. The number of rotatable bonds is 6. The van der Waals surface area contributed by atoms with E-state index in [1.807, 2.05) is 42.5 Å². The number of hydrogen-bond donors (Lipinski definition) is 0. The highest BCUT2D eigenvalue weighted by atomic mass is 35.5. The average molecular weight is 469 g/mol. The Labute approximate surface area is 197 Å². The molecule has 2 atom stereocenters. The molecular weight excluding hydrogens is 444 g/mol. The van der Waals surface area contributed by atoms with Crippen LogP contribution in [0.25, 0.3) is 10.4 Å². The smallest absolute Gasteiger partial charge is 0.417 e. The molecule has 2 fully saturated rings. The minimum Gasteiger partial charge on any atom is -0.446 e. The Bertz CT molecular complexity index is 1050. The van der Waals surface area contributed by atoms with E-state index < -0.39 is 29.5 Å². The maximum atomic E-state index is 13.9. The molecule has 1 aliphatic heterocycles. The molecule has 2 amide bonds. The summed E-state index contributed by atoms with van der Waals surface area (Å²) in [6, 6.07) is 14.8. The number of amides is 2. The van der Waals surface area contributed by atoms with E-state index in [1.54, 1.807) is 19.2 Å². The zero-order chi connectivity index (χ0) is 23.4. The van der Waals surface area contributed by atoms with E-state index in [2.05, 4.69) is 10.0 Å². The van der Waals surface area contributed by atoms with Gasteiger partial charge >= 0.3 is 6.09 Å². The van der Waals surface area contributed by atoms with Crippen LogP contribution in [0.1, 0.15) is 42.9 Å². The normalized spacial score (nSPS) is 25.8. The summed E-state index contributed by atoms with van der Waals surface area (Å²) in [6.45, 7) is 0.0528. The van der Waals surface area contributed by atoms with Gasteiger partial charge in [0, 0.05) is 22.5 Å². The van der Waals surface area contributed by atoms with Crippen molar-refractivity contribution in [1.82, 2.24) is 4.90 Å². The Hall–Kier alpha value is -3.06. The molecule has 172 valence electrons. The van der Waals surface area contributed by atoms with Crippen LogP contribution >= 0.6 is 11.6 Å². The standard InChI is InChI=1S/C24H25ClN4O4/c1-32-19-11-13-24(14-12-19,17-7-9-18(25)10-8-17)21(27-28-26)22(30)29-20(15-33-23(29)31)16-5-3-2-4-6-16/h2-10,19-21H,11-15H2,1H3/t19?,20-,21?,24?/m1/s1. The van der Waals surface area contributed by atoms with Crippen LogP contribution in [0.3, 0.4) is 0 Å². The Morgan fingerprint density at radius 2 is 1.88 bits per heavy atom. The largest absolute Gasteiger partial charge is 0.446 e. The predicted molar refractivity (Wildman–Crippen MR) is 123 cm³/mol. The molecule has 1 saturated carbocycles. The summed E-state index contributed by atoms with van der Waals surface area (Å²) in [6.07, 6.45) is 1.82. The molecule has 1 heterocycles. The average Bonchev–Trinajstić information content (AvgIpc) is 3.24. The van der Waals surface area contributed by atoms with Crippen molar-refractivity contribution in [3.8, 4) is 0 Å². The van der Waals surface area contributed by atoms with Gasteiger partial charge in [-0.3, -0.25) is 4.79 Å². The SMILES string of the molecule is COC1CCC(c2ccc(Cl)cc2)(C(N=[N+]=[N-])C(=O)N2C(=O)OC[C@@H]2c2ccccc2)CC1. The van der Waals surface area contributed by atoms with Crippen molar-refractivity contribution in [3.05, 3.63) is 81.2 Å². The molecular formula is C24H25ClN4O4. The number of methoxy groups -OCH3 is 1. The van der Waals surface area contributed by atoms with Crippen LogP contribution in [0.5, 0.6) is 0 Å². The second-order valence-electron chi connectivity index (χ2n) is 8.42. The molecule has 1 unspecified atom stereocenters. The number of carbonyl (C=O) groups excluding carboxylic acids is 2. The third kappa shape index (κ3) is 4.42. The molecule has 4 rings (SSSR count). The van der Waals surface area contributed by atoms with E-state index in [9.17, 15) is 15.1 Å². The van der Waals surface area contributed by atoms with Crippen LogP contribution in [0.2, 0.25) is 5.02 Å². The van der Waals surface area contributed by atoms with Crippen molar-refractivity contribution in [3.63, 3.8) is 0 Å². The molecule has 9 heteroatoms. The number of cyclic esters (lactones) is 1. The molecule has 0 bridgehead atoms. The summed E-state index contributed by atoms with van der Waals surface area (Å²) in [5.74, 6) is -0.560. The van der Waals surface area contributed by atoms with E-state index >= 15 is 0 Å². The molecule has 0 spiro atoms. The number of carbonyl (C=O) groups is 2. The van der Waals surface area contributed by atoms with Crippen LogP contribution in [0.15, 0.2) is 59.7 Å². The van der Waals surface area contributed by atoms with Crippen LogP contribution in [-0.2, 0) is 19.7 Å². The first-order chi connectivity index (χ1) is 16.0. The quantitative estimate of drug-likeness (QED) is 0.314. The topological polar surface area (TPSA) is 105 Å². The van der Waals surface area contributed by atoms with Gasteiger partial charge in [-0.15, -0.1) is 0 Å². The fourth-order valence-electron chi connectivity index (χ4n) is 5.01. The van der Waals surface area contributed by atoms with Gasteiger partial charge in [0.25, 0.3) is 0 Å². The van der Waals surface area contributed by atoms with Crippen LogP contribution in [0.4, 0.5) is 4.79 Å². The highest BCUT2D eigenvalue weighted by Gasteiger charge is 2.51. The van der Waals surface area contributed by atoms with Crippen molar-refractivity contribution in [1.29, 1.82) is 0 Å². The molecule has 8 nitrogen and oxygen atoms in total. The number of halogens is 1. The van der Waals surface area contributed by atoms with Gasteiger partial charge in [0.2, 0.25) is 5.91 Å². The Balaban J connectivity index is 1.76. The van der Waals surface area contributed by atoms with Gasteiger partial charge in [-0.2, -0.15) is 0 Å². The lowest BCUT2D eigenvalue weighted by Gasteiger charge is -2.44. The number of imide groups is 1. The van der Waals surface area contributed by atoms with E-state index in [0.717, 1.165) is 16.0 Å². The lowest BCUT2D eigenvalue weighted by molar-refractivity contribution is -0.133. The minimum atomic E-state index is -1.13.